The standard InChI is InChI=1S/C20H25N2O4.C2HF3O2/c1-2-9-22-10-7-16(8-11-22)18(15-22)26-20(23)21(19-6-4-13-25-19)14-17-5-3-12-24-17;3-2(4,5)1(6)7/h2-6,12-13,16,18H,1,7-11,14-15H2;(H,6,7)/q+1;/p-1/t16?,18-,22?;/m0./s1. The predicted molar refractivity (Wildman–Crippen MR) is 108 cm³/mol. The number of rotatable bonds is 6. The molecule has 5 rings (SSSR count). The van der Waals surface area contributed by atoms with E-state index in [4.69, 9.17) is 23.5 Å². The molecule has 1 atom stereocenters. The lowest BCUT2D eigenvalue weighted by atomic mass is 9.83. The van der Waals surface area contributed by atoms with Crippen LogP contribution >= 0.6 is 0 Å². The first-order chi connectivity index (χ1) is 15.6. The number of carboxylic acids is 1. The molecule has 8 nitrogen and oxygen atoms in total. The van der Waals surface area contributed by atoms with Gasteiger partial charge in [-0.2, -0.15) is 13.2 Å². The molecule has 180 valence electrons. The molecule has 0 radical (unpaired) electrons. The highest BCUT2D eigenvalue weighted by atomic mass is 19.4. The zero-order valence-corrected chi connectivity index (χ0v) is 17.8. The summed E-state index contributed by atoms with van der Waals surface area (Å²) in [5, 5.41) is 8.78. The Morgan fingerprint density at radius 2 is 1.85 bits per heavy atom. The van der Waals surface area contributed by atoms with E-state index in [0.717, 1.165) is 43.5 Å². The maximum Gasteiger partial charge on any atom is 0.430 e. The van der Waals surface area contributed by atoms with Gasteiger partial charge in [0.15, 0.2) is 6.10 Å². The summed E-state index contributed by atoms with van der Waals surface area (Å²) in [6.07, 6.45) is 1.70. The normalized spacial score (nSPS) is 23.8. The van der Waals surface area contributed by atoms with Crippen LogP contribution in [0.4, 0.5) is 23.8 Å². The summed E-state index contributed by atoms with van der Waals surface area (Å²) < 4.78 is 49.3. The van der Waals surface area contributed by atoms with Gasteiger partial charge in [-0.25, -0.2) is 9.69 Å². The average Bonchev–Trinajstić information content (AvgIpc) is 3.47. The highest BCUT2D eigenvalue weighted by molar-refractivity contribution is 5.85. The second-order valence-corrected chi connectivity index (χ2v) is 8.10. The molecule has 2 aromatic heterocycles. The van der Waals surface area contributed by atoms with Gasteiger partial charge in [0.05, 0.1) is 38.7 Å². The molecule has 3 aliphatic rings. The number of halogens is 3. The van der Waals surface area contributed by atoms with Gasteiger partial charge in [0.1, 0.15) is 18.3 Å². The van der Waals surface area contributed by atoms with Crippen molar-refractivity contribution in [2.75, 3.05) is 31.1 Å². The number of carbonyl (C=O) groups excluding carboxylic acids is 2. The predicted octanol–water partition coefficient (Wildman–Crippen LogP) is 3.11. The van der Waals surface area contributed by atoms with Crippen LogP contribution in [0.3, 0.4) is 0 Å². The minimum atomic E-state index is -5.19. The minimum absolute atomic E-state index is 0.0565. The minimum Gasteiger partial charge on any atom is -0.542 e. The van der Waals surface area contributed by atoms with E-state index < -0.39 is 12.1 Å². The largest absolute Gasteiger partial charge is 0.542 e. The smallest absolute Gasteiger partial charge is 0.430 e. The first kappa shape index (κ1) is 24.4. The number of hydrogen-bond donors (Lipinski definition) is 0. The van der Waals surface area contributed by atoms with Crippen LogP contribution in [-0.4, -0.2) is 55.0 Å². The van der Waals surface area contributed by atoms with Crippen LogP contribution in [0.1, 0.15) is 18.6 Å². The number of anilines is 1. The molecule has 11 heteroatoms. The van der Waals surface area contributed by atoms with Crippen molar-refractivity contribution in [3.63, 3.8) is 0 Å². The van der Waals surface area contributed by atoms with E-state index in [1.165, 1.54) is 4.90 Å². The van der Waals surface area contributed by atoms with Crippen molar-refractivity contribution in [3.8, 4) is 0 Å². The zero-order valence-electron chi connectivity index (χ0n) is 17.8. The Morgan fingerprint density at radius 3 is 2.36 bits per heavy atom. The Labute approximate surface area is 188 Å². The van der Waals surface area contributed by atoms with Crippen molar-refractivity contribution in [2.24, 2.45) is 5.92 Å². The lowest BCUT2D eigenvalue weighted by molar-refractivity contribution is -0.941. The summed E-state index contributed by atoms with van der Waals surface area (Å²) in [5.41, 5.74) is 0. The van der Waals surface area contributed by atoms with Crippen LogP contribution in [0.5, 0.6) is 0 Å². The van der Waals surface area contributed by atoms with E-state index in [2.05, 4.69) is 6.58 Å². The van der Waals surface area contributed by atoms with Crippen LogP contribution in [0.2, 0.25) is 0 Å². The Bertz CT molecular complexity index is 919. The summed E-state index contributed by atoms with van der Waals surface area (Å²) in [7, 11) is 0. The third kappa shape index (κ3) is 6.19. The Kier molecular flexibility index (Phi) is 7.52. The van der Waals surface area contributed by atoms with E-state index in [0.29, 0.717) is 17.6 Å². The molecular weight excluding hydrogens is 445 g/mol. The molecule has 0 aliphatic carbocycles. The fourth-order valence-corrected chi connectivity index (χ4v) is 4.29. The Balaban J connectivity index is 0.000000383. The van der Waals surface area contributed by atoms with E-state index in [1.807, 2.05) is 12.1 Å². The first-order valence-electron chi connectivity index (χ1n) is 10.4. The highest BCUT2D eigenvalue weighted by Crippen LogP contribution is 2.36. The van der Waals surface area contributed by atoms with Gasteiger partial charge < -0.3 is 28.0 Å². The molecule has 3 saturated heterocycles. The molecule has 33 heavy (non-hydrogen) atoms. The van der Waals surface area contributed by atoms with Crippen LogP contribution in [0.15, 0.2) is 58.3 Å². The number of furan rings is 2. The fraction of sp³-hybridized carbons (Fsp3) is 0.455. The number of aliphatic carboxylic acids is 1. The number of ether oxygens (including phenoxy) is 1. The van der Waals surface area contributed by atoms with Gasteiger partial charge >= 0.3 is 12.3 Å². The molecule has 0 saturated carbocycles. The highest BCUT2D eigenvalue weighted by Gasteiger charge is 2.47. The maximum atomic E-state index is 12.9. The van der Waals surface area contributed by atoms with Crippen molar-refractivity contribution in [1.29, 1.82) is 0 Å². The maximum absolute atomic E-state index is 12.9. The Morgan fingerprint density at radius 1 is 1.21 bits per heavy atom. The monoisotopic (exact) mass is 470 g/mol. The molecule has 3 fully saturated rings. The SMILES string of the molecule is C=CC[N+]12CCC(CC1)[C@@H](OC(=O)N(Cc1ccco1)c1ccco1)C2.O=C([O-])C(F)(F)F. The molecule has 2 aromatic rings. The van der Waals surface area contributed by atoms with Gasteiger partial charge in [-0.1, -0.05) is 6.58 Å². The van der Waals surface area contributed by atoms with E-state index in [-0.39, 0.29) is 18.7 Å². The van der Waals surface area contributed by atoms with Crippen LogP contribution in [-0.2, 0) is 16.1 Å². The second kappa shape index (κ2) is 10.2. The van der Waals surface area contributed by atoms with Crippen LogP contribution < -0.4 is 10.0 Å². The fourth-order valence-electron chi connectivity index (χ4n) is 4.29. The Hall–Kier alpha value is -3.21. The third-order valence-electron chi connectivity index (χ3n) is 5.93. The molecule has 0 aromatic carbocycles. The first-order valence-corrected chi connectivity index (χ1v) is 10.4. The van der Waals surface area contributed by atoms with Crippen molar-refractivity contribution in [1.82, 2.24) is 0 Å². The lowest BCUT2D eigenvalue weighted by Gasteiger charge is -2.51. The van der Waals surface area contributed by atoms with Crippen LogP contribution in [0.25, 0.3) is 0 Å². The molecule has 0 spiro atoms. The van der Waals surface area contributed by atoms with Crippen LogP contribution in [0, 0.1) is 5.92 Å². The lowest BCUT2D eigenvalue weighted by Crippen LogP contribution is -2.64. The summed E-state index contributed by atoms with van der Waals surface area (Å²) in [5.74, 6) is -1.41. The number of carbonyl (C=O) groups is 2. The van der Waals surface area contributed by atoms with Gasteiger partial charge in [0.25, 0.3) is 0 Å². The van der Waals surface area contributed by atoms with Gasteiger partial charge in [-0.15, -0.1) is 0 Å². The van der Waals surface area contributed by atoms with Crippen molar-refractivity contribution in [2.45, 2.75) is 31.7 Å². The van der Waals surface area contributed by atoms with Gasteiger partial charge in [0.2, 0.25) is 5.88 Å². The van der Waals surface area contributed by atoms with E-state index in [9.17, 15) is 18.0 Å². The molecule has 5 heterocycles. The molecule has 2 bridgehead atoms. The van der Waals surface area contributed by atoms with Crippen molar-refractivity contribution in [3.05, 3.63) is 55.2 Å². The van der Waals surface area contributed by atoms with Gasteiger partial charge in [-0.3, -0.25) is 0 Å². The third-order valence-corrected chi connectivity index (χ3v) is 5.93. The van der Waals surface area contributed by atoms with E-state index >= 15 is 0 Å². The molecular formula is C22H25F3N2O6. The number of fused-ring (bicyclic) bond motifs is 3. The number of quaternary nitrogens is 1. The number of piperidine rings is 3. The second-order valence-electron chi connectivity index (χ2n) is 8.10. The quantitative estimate of drug-likeness (QED) is 0.476. The zero-order chi connectivity index (χ0) is 24.1. The van der Waals surface area contributed by atoms with Gasteiger partial charge in [-0.05, 0) is 24.3 Å². The molecule has 0 unspecified atom stereocenters. The number of alkyl halides is 3. The number of carboxylic acid groups (broad SMARTS) is 1. The number of amides is 1. The van der Waals surface area contributed by atoms with E-state index in [1.54, 1.807) is 30.7 Å². The number of hydrogen-bond acceptors (Lipinski definition) is 6. The summed E-state index contributed by atoms with van der Waals surface area (Å²) in [6, 6.07) is 7.15. The average molecular weight is 470 g/mol. The van der Waals surface area contributed by atoms with Gasteiger partial charge in [0, 0.05) is 24.8 Å². The van der Waals surface area contributed by atoms with Crippen molar-refractivity contribution >= 4 is 17.9 Å². The molecule has 1 amide bonds. The molecule has 3 aliphatic heterocycles. The molecule has 0 N–H and O–H groups in total. The topological polar surface area (TPSA) is 96.0 Å². The summed E-state index contributed by atoms with van der Waals surface area (Å²) in [4.78, 5) is 23.2. The summed E-state index contributed by atoms with van der Waals surface area (Å²) in [6.45, 7) is 8.29. The summed E-state index contributed by atoms with van der Waals surface area (Å²) >= 11 is 0. The van der Waals surface area contributed by atoms with Crippen molar-refractivity contribution < 1.29 is 45.9 Å². The number of nitrogens with zero attached hydrogens (tertiary/aromatic N) is 2.